The van der Waals surface area contributed by atoms with E-state index in [1.54, 1.807) is 0 Å². The zero-order chi connectivity index (χ0) is 26.7. The van der Waals surface area contributed by atoms with Crippen molar-refractivity contribution in [3.63, 3.8) is 0 Å². The van der Waals surface area contributed by atoms with Gasteiger partial charge in [0.15, 0.2) is 0 Å². The Morgan fingerprint density at radius 3 is 2.79 bits per heavy atom. The van der Waals surface area contributed by atoms with E-state index in [1.165, 1.54) is 92.2 Å². The van der Waals surface area contributed by atoms with E-state index in [-0.39, 0.29) is 0 Å². The van der Waals surface area contributed by atoms with Gasteiger partial charge in [-0.1, -0.05) is 57.5 Å². The molecule has 4 nitrogen and oxygen atoms in total. The fraction of sp³-hybridized carbons (Fsp3) is 0.618. The molecule has 2 saturated heterocycles. The van der Waals surface area contributed by atoms with Crippen LogP contribution in [0.2, 0.25) is 0 Å². The summed E-state index contributed by atoms with van der Waals surface area (Å²) in [6.45, 7) is 16.4. The van der Waals surface area contributed by atoms with Crippen LogP contribution in [0.1, 0.15) is 99.8 Å². The number of ether oxygens (including phenoxy) is 1. The maximum absolute atomic E-state index is 6.12. The van der Waals surface area contributed by atoms with Crippen LogP contribution in [0.25, 0.3) is 0 Å². The number of benzene rings is 1. The maximum atomic E-state index is 6.12. The monoisotopic (exact) mass is 517 g/mol. The molecule has 0 saturated carbocycles. The first-order valence-electron chi connectivity index (χ1n) is 15.3. The minimum atomic E-state index is 0.454. The molecular formula is C34H51N3O. The van der Waals surface area contributed by atoms with Crippen molar-refractivity contribution in [3.8, 4) is 0 Å². The fourth-order valence-electron chi connectivity index (χ4n) is 6.36. The molecule has 0 N–H and O–H groups in total. The molecule has 2 aliphatic heterocycles. The smallest absolute Gasteiger partial charge is 0.0575 e. The van der Waals surface area contributed by atoms with E-state index in [4.69, 9.17) is 4.74 Å². The number of hydrogen-bond donors (Lipinski definition) is 0. The molecule has 38 heavy (non-hydrogen) atoms. The highest BCUT2D eigenvalue weighted by molar-refractivity contribution is 5.34. The standard InChI is InChI=1S/C34H51N3O/c1-5-7-19-36(25-29-12-10-18-35-23-29)28(4)24-37-26-32(31-15-14-27(3)30(21-31)11-6-2)22-33(37)16-17-34-13-8-9-20-38-34/h10,12,14-15,18,21,23,32-34H,4-9,11,13,16-17,19-20,22,24-26H2,1-3H3. The Morgan fingerprint density at radius 2 is 2.05 bits per heavy atom. The second-order valence-electron chi connectivity index (χ2n) is 11.7. The van der Waals surface area contributed by atoms with E-state index in [1.807, 2.05) is 18.5 Å². The second kappa shape index (κ2) is 14.8. The summed E-state index contributed by atoms with van der Waals surface area (Å²) in [5, 5.41) is 0. The van der Waals surface area contributed by atoms with Crippen molar-refractivity contribution in [2.24, 2.45) is 0 Å². The molecule has 1 aromatic carbocycles. The average Bonchev–Trinajstić information content (AvgIpc) is 3.34. The molecule has 3 atom stereocenters. The number of hydrogen-bond acceptors (Lipinski definition) is 4. The highest BCUT2D eigenvalue weighted by Gasteiger charge is 2.34. The van der Waals surface area contributed by atoms with E-state index < -0.39 is 0 Å². The number of aryl methyl sites for hydroxylation is 2. The maximum Gasteiger partial charge on any atom is 0.0575 e. The Kier molecular flexibility index (Phi) is 11.3. The van der Waals surface area contributed by atoms with Crippen molar-refractivity contribution in [1.29, 1.82) is 0 Å². The van der Waals surface area contributed by atoms with Gasteiger partial charge in [-0.15, -0.1) is 0 Å². The number of aromatic nitrogens is 1. The lowest BCUT2D eigenvalue weighted by atomic mass is 9.91. The van der Waals surface area contributed by atoms with Gasteiger partial charge in [-0.05, 0) is 92.5 Å². The molecule has 3 heterocycles. The lowest BCUT2D eigenvalue weighted by Crippen LogP contribution is -2.37. The molecule has 2 fully saturated rings. The SMILES string of the molecule is C=C(CN1CC(c2ccc(C)c(CCC)c2)CC1CCC1CCCCO1)N(CCCC)Cc1cccnc1. The predicted molar refractivity (Wildman–Crippen MR) is 159 cm³/mol. The summed E-state index contributed by atoms with van der Waals surface area (Å²) in [6, 6.07) is 12.1. The van der Waals surface area contributed by atoms with Gasteiger partial charge in [-0.2, -0.15) is 0 Å². The first-order chi connectivity index (χ1) is 18.6. The van der Waals surface area contributed by atoms with Crippen LogP contribution in [0.4, 0.5) is 0 Å². The lowest BCUT2D eigenvalue weighted by Gasteiger charge is -2.33. The Hall–Kier alpha value is -2.17. The Bertz CT molecular complexity index is 984. The number of pyridine rings is 1. The number of nitrogens with zero attached hydrogens (tertiary/aromatic N) is 3. The molecule has 2 aliphatic rings. The molecule has 208 valence electrons. The Balaban J connectivity index is 1.47. The van der Waals surface area contributed by atoms with Crippen LogP contribution in [0.3, 0.4) is 0 Å². The minimum Gasteiger partial charge on any atom is -0.378 e. The third-order valence-corrected chi connectivity index (χ3v) is 8.70. The van der Waals surface area contributed by atoms with Crippen molar-refractivity contribution in [2.45, 2.75) is 110 Å². The molecular weight excluding hydrogens is 466 g/mol. The van der Waals surface area contributed by atoms with E-state index in [9.17, 15) is 0 Å². The molecule has 1 aromatic heterocycles. The van der Waals surface area contributed by atoms with Gasteiger partial charge in [0, 0.05) is 56.9 Å². The highest BCUT2D eigenvalue weighted by atomic mass is 16.5. The van der Waals surface area contributed by atoms with E-state index in [2.05, 4.69) is 66.4 Å². The van der Waals surface area contributed by atoms with Crippen molar-refractivity contribution >= 4 is 0 Å². The second-order valence-corrected chi connectivity index (χ2v) is 11.7. The number of likely N-dealkylation sites (tertiary alicyclic amines) is 1. The van der Waals surface area contributed by atoms with Crippen LogP contribution in [-0.2, 0) is 17.7 Å². The third kappa shape index (κ3) is 8.16. The van der Waals surface area contributed by atoms with Crippen molar-refractivity contribution < 1.29 is 4.74 Å². The van der Waals surface area contributed by atoms with Gasteiger partial charge in [-0.25, -0.2) is 0 Å². The summed E-state index contributed by atoms with van der Waals surface area (Å²) in [6.07, 6.45) is 16.5. The molecule has 4 rings (SSSR count). The minimum absolute atomic E-state index is 0.454. The summed E-state index contributed by atoms with van der Waals surface area (Å²) in [4.78, 5) is 9.60. The van der Waals surface area contributed by atoms with Crippen molar-refractivity contribution in [1.82, 2.24) is 14.8 Å². The normalized spacial score (nSPS) is 22.0. The van der Waals surface area contributed by atoms with Gasteiger partial charge in [0.2, 0.25) is 0 Å². The van der Waals surface area contributed by atoms with Crippen LogP contribution in [0.15, 0.2) is 55.0 Å². The topological polar surface area (TPSA) is 28.6 Å². The first kappa shape index (κ1) is 28.8. The van der Waals surface area contributed by atoms with Crippen LogP contribution >= 0.6 is 0 Å². The molecule has 0 bridgehead atoms. The molecule has 0 spiro atoms. The number of unbranched alkanes of at least 4 members (excludes halogenated alkanes) is 1. The predicted octanol–water partition coefficient (Wildman–Crippen LogP) is 7.67. The van der Waals surface area contributed by atoms with Gasteiger partial charge in [0.1, 0.15) is 0 Å². The van der Waals surface area contributed by atoms with E-state index >= 15 is 0 Å². The largest absolute Gasteiger partial charge is 0.378 e. The summed E-state index contributed by atoms with van der Waals surface area (Å²) in [5.74, 6) is 0.596. The van der Waals surface area contributed by atoms with Crippen molar-refractivity contribution in [3.05, 3.63) is 77.3 Å². The van der Waals surface area contributed by atoms with E-state index in [0.29, 0.717) is 18.1 Å². The van der Waals surface area contributed by atoms with Gasteiger partial charge < -0.3 is 9.64 Å². The van der Waals surface area contributed by atoms with Crippen LogP contribution in [0, 0.1) is 6.92 Å². The van der Waals surface area contributed by atoms with Crippen molar-refractivity contribution in [2.75, 3.05) is 26.2 Å². The lowest BCUT2D eigenvalue weighted by molar-refractivity contribution is 0.00654. The molecule has 0 radical (unpaired) electrons. The zero-order valence-electron chi connectivity index (χ0n) is 24.3. The van der Waals surface area contributed by atoms with Gasteiger partial charge in [0.05, 0.1) is 6.10 Å². The third-order valence-electron chi connectivity index (χ3n) is 8.70. The quantitative estimate of drug-likeness (QED) is 0.257. The Morgan fingerprint density at radius 1 is 1.16 bits per heavy atom. The van der Waals surface area contributed by atoms with Gasteiger partial charge in [0.25, 0.3) is 0 Å². The van der Waals surface area contributed by atoms with Gasteiger partial charge in [-0.3, -0.25) is 9.88 Å². The van der Waals surface area contributed by atoms with E-state index in [0.717, 1.165) is 32.8 Å². The molecule has 3 unspecified atom stereocenters. The summed E-state index contributed by atoms with van der Waals surface area (Å²) < 4.78 is 6.12. The molecule has 0 aliphatic carbocycles. The first-order valence-corrected chi connectivity index (χ1v) is 15.3. The summed E-state index contributed by atoms with van der Waals surface area (Å²) >= 11 is 0. The summed E-state index contributed by atoms with van der Waals surface area (Å²) in [5.41, 5.74) is 7.01. The highest BCUT2D eigenvalue weighted by Crippen LogP contribution is 2.36. The summed E-state index contributed by atoms with van der Waals surface area (Å²) in [7, 11) is 0. The molecule has 4 heteroatoms. The van der Waals surface area contributed by atoms with Crippen LogP contribution in [-0.4, -0.2) is 53.2 Å². The number of rotatable bonds is 14. The molecule has 2 aromatic rings. The van der Waals surface area contributed by atoms with Crippen LogP contribution in [0.5, 0.6) is 0 Å². The molecule has 0 amide bonds. The Labute approximate surface area is 232 Å². The van der Waals surface area contributed by atoms with Gasteiger partial charge >= 0.3 is 0 Å². The van der Waals surface area contributed by atoms with Crippen LogP contribution < -0.4 is 0 Å². The fourth-order valence-corrected chi connectivity index (χ4v) is 6.36. The zero-order valence-corrected chi connectivity index (χ0v) is 24.3. The average molecular weight is 518 g/mol.